The highest BCUT2D eigenvalue weighted by molar-refractivity contribution is 8.25. The van der Waals surface area contributed by atoms with E-state index in [9.17, 15) is 4.79 Å². The van der Waals surface area contributed by atoms with Crippen molar-refractivity contribution in [3.05, 3.63) is 57.9 Å². The van der Waals surface area contributed by atoms with E-state index in [4.69, 9.17) is 5.41 Å². The number of hydrogen-bond acceptors (Lipinski definition) is 4. The maximum atomic E-state index is 12.4. The molecule has 0 bridgehead atoms. The zero-order valence-corrected chi connectivity index (χ0v) is 16.4. The third kappa shape index (κ3) is 2.94. The van der Waals surface area contributed by atoms with Gasteiger partial charge in [-0.15, -0.1) is 0 Å². The summed E-state index contributed by atoms with van der Waals surface area (Å²) in [6.45, 7) is 8.23. The summed E-state index contributed by atoms with van der Waals surface area (Å²) in [6.07, 6.45) is 1.74. The smallest absolute Gasteiger partial charge is 0.283 e. The molecule has 0 saturated heterocycles. The van der Waals surface area contributed by atoms with Gasteiger partial charge in [-0.25, -0.2) is 0 Å². The molecule has 136 valence electrons. The third-order valence-electron chi connectivity index (χ3n) is 4.63. The van der Waals surface area contributed by atoms with Crippen LogP contribution in [0.15, 0.2) is 39.9 Å². The first-order chi connectivity index (χ1) is 12.8. The van der Waals surface area contributed by atoms with Crippen LogP contribution in [0, 0.1) is 33.1 Å². The van der Waals surface area contributed by atoms with E-state index in [0.29, 0.717) is 5.17 Å². The normalized spacial score (nSPS) is 17.7. The van der Waals surface area contributed by atoms with Crippen molar-refractivity contribution in [2.75, 3.05) is 0 Å². The van der Waals surface area contributed by atoms with Crippen LogP contribution in [0.25, 0.3) is 11.8 Å². The number of aliphatic imine (C=N–C) groups is 1. The van der Waals surface area contributed by atoms with Crippen molar-refractivity contribution < 1.29 is 4.79 Å². The second-order valence-corrected chi connectivity index (χ2v) is 7.58. The molecule has 1 N–H and O–H groups in total. The number of carbonyl (C=O) groups is 1. The molecule has 2 aliphatic heterocycles. The zero-order valence-electron chi connectivity index (χ0n) is 15.6. The summed E-state index contributed by atoms with van der Waals surface area (Å²) in [7, 11) is 0. The number of rotatable bonds is 2. The lowest BCUT2D eigenvalue weighted by atomic mass is 10.1. The van der Waals surface area contributed by atoms with Gasteiger partial charge in [0.05, 0.1) is 11.1 Å². The molecule has 0 fully saturated rings. The fourth-order valence-electron chi connectivity index (χ4n) is 3.50. The largest absolute Gasteiger partial charge is 0.318 e. The van der Waals surface area contributed by atoms with Crippen LogP contribution >= 0.6 is 11.8 Å². The summed E-state index contributed by atoms with van der Waals surface area (Å²) in [4.78, 5) is 16.5. The second kappa shape index (κ2) is 6.35. The SMILES string of the molecule is Cc1cc(C)cc(-n2c(C)cc(C=C3C(=N)N4N=CSC4=NC3=O)c2C)c1. The number of thioether (sulfide) groups is 1. The zero-order chi connectivity index (χ0) is 19.3. The molecule has 2 aliphatic rings. The van der Waals surface area contributed by atoms with E-state index >= 15 is 0 Å². The fourth-order valence-corrected chi connectivity index (χ4v) is 4.11. The molecule has 1 amide bonds. The molecule has 0 radical (unpaired) electrons. The number of hydrazone groups is 1. The van der Waals surface area contributed by atoms with Gasteiger partial charge in [-0.2, -0.15) is 15.1 Å². The first kappa shape index (κ1) is 17.5. The van der Waals surface area contributed by atoms with E-state index in [1.54, 1.807) is 11.6 Å². The van der Waals surface area contributed by atoms with Gasteiger partial charge in [0.1, 0.15) is 0 Å². The maximum absolute atomic E-state index is 12.4. The van der Waals surface area contributed by atoms with Crippen LogP contribution in [-0.4, -0.2) is 32.0 Å². The van der Waals surface area contributed by atoms with E-state index < -0.39 is 5.91 Å². The molecule has 7 heteroatoms. The van der Waals surface area contributed by atoms with Gasteiger partial charge in [-0.3, -0.25) is 10.2 Å². The van der Waals surface area contributed by atoms with Crippen LogP contribution in [0.1, 0.15) is 28.1 Å². The van der Waals surface area contributed by atoms with E-state index in [1.807, 2.05) is 19.9 Å². The highest BCUT2D eigenvalue weighted by Gasteiger charge is 2.32. The van der Waals surface area contributed by atoms with Crippen molar-refractivity contribution in [1.82, 2.24) is 9.58 Å². The van der Waals surface area contributed by atoms with Crippen LogP contribution in [0.3, 0.4) is 0 Å². The Morgan fingerprint density at radius 2 is 1.78 bits per heavy atom. The average Bonchev–Trinajstić information content (AvgIpc) is 3.15. The molecule has 4 rings (SSSR count). The minimum Gasteiger partial charge on any atom is -0.318 e. The Kier molecular flexibility index (Phi) is 4.11. The molecule has 2 aromatic rings. The number of nitrogens with zero attached hydrogens (tertiary/aromatic N) is 4. The molecule has 0 spiro atoms. The average molecular weight is 377 g/mol. The quantitative estimate of drug-likeness (QED) is 0.805. The Balaban J connectivity index is 1.80. The second-order valence-electron chi connectivity index (χ2n) is 6.76. The number of hydrogen-bond donors (Lipinski definition) is 1. The molecule has 27 heavy (non-hydrogen) atoms. The summed E-state index contributed by atoms with van der Waals surface area (Å²) in [5, 5.41) is 14.2. The van der Waals surface area contributed by atoms with Gasteiger partial charge in [0.2, 0.25) is 0 Å². The van der Waals surface area contributed by atoms with Gasteiger partial charge in [0.15, 0.2) is 11.0 Å². The lowest BCUT2D eigenvalue weighted by Crippen LogP contribution is -2.35. The summed E-state index contributed by atoms with van der Waals surface area (Å²) >= 11 is 1.24. The molecule has 0 saturated carbocycles. The summed E-state index contributed by atoms with van der Waals surface area (Å²) in [6, 6.07) is 8.46. The van der Waals surface area contributed by atoms with Gasteiger partial charge < -0.3 is 4.57 Å². The number of nitrogens with one attached hydrogen (secondary N) is 1. The number of carbonyl (C=O) groups excluding carboxylic acids is 1. The predicted molar refractivity (Wildman–Crippen MR) is 111 cm³/mol. The summed E-state index contributed by atoms with van der Waals surface area (Å²) < 4.78 is 2.17. The molecular weight excluding hydrogens is 358 g/mol. The van der Waals surface area contributed by atoms with Crippen molar-refractivity contribution in [3.63, 3.8) is 0 Å². The number of aryl methyl sites for hydroxylation is 3. The first-order valence-electron chi connectivity index (χ1n) is 8.55. The standard InChI is InChI=1S/C20H19N5OS/c1-11-5-12(2)7-16(6-11)24-13(3)8-15(14(24)4)9-17-18(21)25-20(23-19(17)26)27-10-22-25/h5-10,21H,1-4H3. The topological polar surface area (TPSA) is 73.8 Å². The van der Waals surface area contributed by atoms with Crippen LogP contribution in [0.4, 0.5) is 0 Å². The van der Waals surface area contributed by atoms with Gasteiger partial charge in [-0.1, -0.05) is 6.07 Å². The van der Waals surface area contributed by atoms with E-state index in [2.05, 4.69) is 46.7 Å². The highest BCUT2D eigenvalue weighted by atomic mass is 32.2. The third-order valence-corrected chi connectivity index (χ3v) is 5.31. The van der Waals surface area contributed by atoms with Crippen LogP contribution < -0.4 is 0 Å². The van der Waals surface area contributed by atoms with E-state index in [0.717, 1.165) is 22.6 Å². The van der Waals surface area contributed by atoms with Gasteiger partial charge >= 0.3 is 0 Å². The molecule has 1 aromatic carbocycles. The van der Waals surface area contributed by atoms with E-state index in [-0.39, 0.29) is 11.4 Å². The van der Waals surface area contributed by atoms with Crippen molar-refractivity contribution >= 4 is 40.3 Å². The van der Waals surface area contributed by atoms with Gasteiger partial charge in [-0.05, 0) is 80.4 Å². The first-order valence-corrected chi connectivity index (χ1v) is 9.43. The number of aromatic nitrogens is 1. The van der Waals surface area contributed by atoms with Crippen LogP contribution in [-0.2, 0) is 4.79 Å². The van der Waals surface area contributed by atoms with E-state index in [1.165, 1.54) is 27.9 Å². The van der Waals surface area contributed by atoms with Gasteiger partial charge in [0.25, 0.3) is 5.91 Å². The van der Waals surface area contributed by atoms with Crippen molar-refractivity contribution in [3.8, 4) is 5.69 Å². The number of amidine groups is 2. The highest BCUT2D eigenvalue weighted by Crippen LogP contribution is 2.28. The Morgan fingerprint density at radius 1 is 1.07 bits per heavy atom. The number of benzene rings is 1. The fraction of sp³-hybridized carbons (Fsp3) is 0.200. The molecule has 0 unspecified atom stereocenters. The Labute approximate surface area is 161 Å². The van der Waals surface area contributed by atoms with Crippen molar-refractivity contribution in [2.24, 2.45) is 10.1 Å². The lowest BCUT2D eigenvalue weighted by molar-refractivity contribution is -0.114. The molecular formula is C20H19N5OS. The monoisotopic (exact) mass is 377 g/mol. The predicted octanol–water partition coefficient (Wildman–Crippen LogP) is 3.96. The Bertz CT molecular complexity index is 1070. The Hall–Kier alpha value is -2.93. The maximum Gasteiger partial charge on any atom is 0.283 e. The molecule has 6 nitrogen and oxygen atoms in total. The number of amides is 1. The number of fused-ring (bicyclic) bond motifs is 1. The van der Waals surface area contributed by atoms with Gasteiger partial charge in [0, 0.05) is 17.1 Å². The molecule has 0 atom stereocenters. The molecule has 1 aromatic heterocycles. The van der Waals surface area contributed by atoms with Crippen molar-refractivity contribution in [2.45, 2.75) is 27.7 Å². The lowest BCUT2D eigenvalue weighted by Gasteiger charge is -2.20. The molecule has 3 heterocycles. The molecule has 0 aliphatic carbocycles. The van der Waals surface area contributed by atoms with Crippen LogP contribution in [0.5, 0.6) is 0 Å². The Morgan fingerprint density at radius 3 is 2.48 bits per heavy atom. The minimum absolute atomic E-state index is 0.0578. The minimum atomic E-state index is -0.402. The summed E-state index contributed by atoms with van der Waals surface area (Å²) in [5.74, 6) is -0.345. The van der Waals surface area contributed by atoms with Crippen molar-refractivity contribution in [1.29, 1.82) is 5.41 Å². The van der Waals surface area contributed by atoms with Crippen LogP contribution in [0.2, 0.25) is 0 Å². The summed E-state index contributed by atoms with van der Waals surface area (Å²) in [5.41, 5.74) is 8.31.